The summed E-state index contributed by atoms with van der Waals surface area (Å²) in [6.07, 6.45) is 0.695. The van der Waals surface area contributed by atoms with E-state index in [2.05, 4.69) is 9.97 Å². The molecule has 16 heavy (non-hydrogen) atoms. The summed E-state index contributed by atoms with van der Waals surface area (Å²) in [5.41, 5.74) is -0.587. The van der Waals surface area contributed by atoms with Crippen molar-refractivity contribution >= 4 is 18.6 Å². The highest BCUT2D eigenvalue weighted by Crippen LogP contribution is 2.58. The number of nitrogens with one attached hydrogen (secondary N) is 1. The Bertz CT molecular complexity index is 527. The molecule has 0 saturated carbocycles. The lowest BCUT2D eigenvalue weighted by Crippen LogP contribution is -2.44. The summed E-state index contributed by atoms with van der Waals surface area (Å²) in [7, 11) is -2.25. The summed E-state index contributed by atoms with van der Waals surface area (Å²) in [5, 5.41) is 0.100. The van der Waals surface area contributed by atoms with E-state index in [9.17, 15) is 14.3 Å². The highest BCUT2D eigenvalue weighted by atomic mass is 31.2. The van der Waals surface area contributed by atoms with Gasteiger partial charge >= 0.3 is 13.2 Å². The number of hydrogen-bond acceptors (Lipinski definition) is 4. The standard InChI is InChI=1S/C8H12N3O4P/c1-3-4-11-6-5(16(11,13)14)7(15-2)10-8(12)9-6/h3-4H2,1-2H3,(H,13,14)(H,9,10,12). The molecule has 8 heteroatoms. The SMILES string of the molecule is CCCN1c2nc(=O)[nH]c(OC)c2P1(=O)O. The van der Waals surface area contributed by atoms with E-state index >= 15 is 0 Å². The van der Waals surface area contributed by atoms with Crippen LogP contribution in [0, 0.1) is 0 Å². The zero-order valence-electron chi connectivity index (χ0n) is 8.93. The lowest BCUT2D eigenvalue weighted by Gasteiger charge is -2.38. The largest absolute Gasteiger partial charge is 0.481 e. The maximum Gasteiger partial charge on any atom is 0.349 e. The molecule has 0 fully saturated rings. The van der Waals surface area contributed by atoms with Gasteiger partial charge in [0.25, 0.3) is 0 Å². The lowest BCUT2D eigenvalue weighted by atomic mass is 10.4. The topological polar surface area (TPSA) is 95.5 Å². The molecule has 0 amide bonds. The monoisotopic (exact) mass is 245 g/mol. The highest BCUT2D eigenvalue weighted by Gasteiger charge is 2.49. The molecule has 1 unspecified atom stereocenters. The summed E-state index contributed by atoms with van der Waals surface area (Å²) < 4.78 is 18.1. The van der Waals surface area contributed by atoms with Gasteiger partial charge in [0.1, 0.15) is 0 Å². The molecule has 0 spiro atoms. The average molecular weight is 245 g/mol. The molecule has 2 rings (SSSR count). The van der Waals surface area contributed by atoms with Crippen LogP contribution in [0.5, 0.6) is 5.88 Å². The maximum atomic E-state index is 11.9. The van der Waals surface area contributed by atoms with Gasteiger partial charge in [-0.05, 0) is 6.42 Å². The van der Waals surface area contributed by atoms with E-state index in [4.69, 9.17) is 4.74 Å². The molecule has 1 aliphatic heterocycles. The molecule has 88 valence electrons. The highest BCUT2D eigenvalue weighted by molar-refractivity contribution is 7.70. The van der Waals surface area contributed by atoms with Gasteiger partial charge in [-0.25, -0.2) is 4.79 Å². The third kappa shape index (κ3) is 1.36. The molecule has 0 aromatic carbocycles. The zero-order chi connectivity index (χ0) is 11.9. The van der Waals surface area contributed by atoms with E-state index in [1.54, 1.807) is 0 Å². The molecular weight excluding hydrogens is 233 g/mol. The summed E-state index contributed by atoms with van der Waals surface area (Å²) in [5.74, 6) is 0.265. The molecule has 0 radical (unpaired) electrons. The van der Waals surface area contributed by atoms with Gasteiger partial charge in [-0.2, -0.15) is 4.98 Å². The Kier molecular flexibility index (Phi) is 2.52. The van der Waals surface area contributed by atoms with Crippen LogP contribution >= 0.6 is 7.52 Å². The van der Waals surface area contributed by atoms with Crippen LogP contribution in [0.15, 0.2) is 4.79 Å². The van der Waals surface area contributed by atoms with Gasteiger partial charge in [0, 0.05) is 6.54 Å². The predicted octanol–water partition coefficient (Wildman–Crippen LogP) is -0.181. The van der Waals surface area contributed by atoms with Gasteiger partial charge in [-0.3, -0.25) is 14.2 Å². The molecule has 1 aromatic rings. The van der Waals surface area contributed by atoms with Crippen molar-refractivity contribution in [2.75, 3.05) is 18.3 Å². The minimum atomic E-state index is -3.58. The first-order valence-electron chi connectivity index (χ1n) is 4.82. The Morgan fingerprint density at radius 3 is 2.88 bits per heavy atom. The van der Waals surface area contributed by atoms with E-state index in [0.29, 0.717) is 13.0 Å². The molecular formula is C8H12N3O4P. The second-order valence-corrected chi connectivity index (χ2v) is 5.43. The molecule has 0 saturated heterocycles. The first kappa shape index (κ1) is 11.2. The number of ether oxygens (including phenoxy) is 1. The average Bonchev–Trinajstić information content (AvgIpc) is 2.24. The van der Waals surface area contributed by atoms with E-state index in [1.165, 1.54) is 11.8 Å². The predicted molar refractivity (Wildman–Crippen MR) is 58.5 cm³/mol. The van der Waals surface area contributed by atoms with Crippen molar-refractivity contribution < 1.29 is 14.2 Å². The first-order valence-corrected chi connectivity index (χ1v) is 6.43. The molecule has 7 nitrogen and oxygen atoms in total. The molecule has 0 aliphatic carbocycles. The third-order valence-electron chi connectivity index (χ3n) is 2.36. The van der Waals surface area contributed by atoms with Crippen molar-refractivity contribution in [3.63, 3.8) is 0 Å². The second kappa shape index (κ2) is 3.61. The van der Waals surface area contributed by atoms with Crippen LogP contribution in [0.2, 0.25) is 0 Å². The number of aromatic amines is 1. The van der Waals surface area contributed by atoms with Crippen molar-refractivity contribution in [3.05, 3.63) is 10.5 Å². The van der Waals surface area contributed by atoms with Crippen LogP contribution in [0.1, 0.15) is 13.3 Å². The number of hydrogen-bond donors (Lipinski definition) is 2. The Balaban J connectivity index is 2.59. The van der Waals surface area contributed by atoms with Gasteiger partial charge < -0.3 is 9.63 Å². The Hall–Kier alpha value is -1.33. The quantitative estimate of drug-likeness (QED) is 0.717. The number of anilines is 1. The van der Waals surface area contributed by atoms with Crippen molar-refractivity contribution in [1.82, 2.24) is 9.97 Å². The number of nitrogens with zero attached hydrogens (tertiary/aromatic N) is 2. The minimum Gasteiger partial charge on any atom is -0.481 e. The molecule has 1 aliphatic rings. The summed E-state index contributed by atoms with van der Waals surface area (Å²) in [4.78, 5) is 26.9. The summed E-state index contributed by atoms with van der Waals surface area (Å²) in [6.45, 7) is 2.27. The smallest absolute Gasteiger partial charge is 0.349 e. The number of fused-ring (bicyclic) bond motifs is 1. The van der Waals surface area contributed by atoms with Gasteiger partial charge in [-0.1, -0.05) is 6.92 Å². The molecule has 2 heterocycles. The lowest BCUT2D eigenvalue weighted by molar-refractivity contribution is 0.394. The van der Waals surface area contributed by atoms with Crippen LogP contribution < -0.4 is 20.4 Å². The molecule has 1 atom stereocenters. The summed E-state index contributed by atoms with van der Waals surface area (Å²) >= 11 is 0. The van der Waals surface area contributed by atoms with Gasteiger partial charge in [-0.15, -0.1) is 0 Å². The van der Waals surface area contributed by atoms with Crippen molar-refractivity contribution in [3.8, 4) is 5.88 Å². The van der Waals surface area contributed by atoms with Crippen molar-refractivity contribution in [2.24, 2.45) is 0 Å². The Morgan fingerprint density at radius 2 is 2.31 bits per heavy atom. The minimum absolute atomic E-state index is 0.0215. The van der Waals surface area contributed by atoms with Crippen molar-refractivity contribution in [2.45, 2.75) is 13.3 Å². The van der Waals surface area contributed by atoms with Crippen LogP contribution in [0.3, 0.4) is 0 Å². The van der Waals surface area contributed by atoms with Gasteiger partial charge in [0.2, 0.25) is 5.88 Å². The molecule has 1 aromatic heterocycles. The molecule has 0 bridgehead atoms. The molecule has 2 N–H and O–H groups in total. The van der Waals surface area contributed by atoms with Crippen LogP contribution in [0.4, 0.5) is 5.82 Å². The van der Waals surface area contributed by atoms with E-state index < -0.39 is 13.2 Å². The second-order valence-electron chi connectivity index (χ2n) is 3.41. The maximum absolute atomic E-state index is 11.9. The van der Waals surface area contributed by atoms with Crippen molar-refractivity contribution in [1.29, 1.82) is 0 Å². The zero-order valence-corrected chi connectivity index (χ0v) is 9.82. The number of methoxy groups -OCH3 is 1. The van der Waals surface area contributed by atoms with E-state index in [-0.39, 0.29) is 17.0 Å². The normalized spacial score (nSPS) is 22.6. The van der Waals surface area contributed by atoms with Crippen LogP contribution in [-0.2, 0) is 4.57 Å². The number of rotatable bonds is 3. The van der Waals surface area contributed by atoms with Crippen LogP contribution in [0.25, 0.3) is 0 Å². The van der Waals surface area contributed by atoms with Gasteiger partial charge in [0.15, 0.2) is 11.1 Å². The summed E-state index contributed by atoms with van der Waals surface area (Å²) in [6, 6.07) is 0. The Labute approximate surface area is 91.6 Å². The van der Waals surface area contributed by atoms with E-state index in [1.807, 2.05) is 6.92 Å². The third-order valence-corrected chi connectivity index (χ3v) is 4.39. The first-order chi connectivity index (χ1) is 7.52. The number of aromatic nitrogens is 2. The van der Waals surface area contributed by atoms with Gasteiger partial charge in [0.05, 0.1) is 7.11 Å². The fraction of sp³-hybridized carbons (Fsp3) is 0.500. The number of H-pyrrole nitrogens is 1. The van der Waals surface area contributed by atoms with Crippen LogP contribution in [-0.4, -0.2) is 28.5 Å². The fourth-order valence-corrected chi connectivity index (χ4v) is 3.50. The Morgan fingerprint density at radius 1 is 1.62 bits per heavy atom. The van der Waals surface area contributed by atoms with E-state index in [0.717, 1.165) is 0 Å². The fourth-order valence-electron chi connectivity index (χ4n) is 1.68.